The highest BCUT2D eigenvalue weighted by molar-refractivity contribution is 5.95. The molecule has 1 aliphatic heterocycles. The van der Waals surface area contributed by atoms with Crippen LogP contribution in [0.5, 0.6) is 17.2 Å². The number of aromatic hydroxyl groups is 1. The van der Waals surface area contributed by atoms with E-state index in [0.717, 1.165) is 35.5 Å². The zero-order valence-corrected chi connectivity index (χ0v) is 18.7. The third-order valence-electron chi connectivity index (χ3n) is 5.92. The van der Waals surface area contributed by atoms with E-state index in [-0.39, 0.29) is 18.0 Å². The first kappa shape index (κ1) is 21.3. The molecule has 0 bridgehead atoms. The minimum absolute atomic E-state index is 0.00920. The predicted molar refractivity (Wildman–Crippen MR) is 124 cm³/mol. The molecule has 0 amide bonds. The van der Waals surface area contributed by atoms with Crippen molar-refractivity contribution in [3.8, 4) is 17.2 Å². The topological polar surface area (TPSA) is 75.1 Å². The molecule has 1 fully saturated rings. The fourth-order valence-electron chi connectivity index (χ4n) is 4.00. The number of nitrogens with one attached hydrogen (secondary N) is 2. The zero-order chi connectivity index (χ0) is 21.8. The number of hydrogen-bond acceptors (Lipinski definition) is 4. The van der Waals surface area contributed by atoms with Crippen LogP contribution in [0.1, 0.15) is 64.0 Å². The highest BCUT2D eigenvalue weighted by atomic mass is 16.7. The first-order valence-corrected chi connectivity index (χ1v) is 11.2. The van der Waals surface area contributed by atoms with Crippen molar-refractivity contribution < 1.29 is 14.6 Å². The molecule has 0 unspecified atom stereocenters. The summed E-state index contributed by atoms with van der Waals surface area (Å²) in [6, 6.07) is 12.0. The minimum Gasteiger partial charge on any atom is -0.506 e. The lowest BCUT2D eigenvalue weighted by molar-refractivity contribution is 0.174. The Bertz CT molecular complexity index is 944. The van der Waals surface area contributed by atoms with E-state index in [1.807, 2.05) is 30.3 Å². The molecule has 0 saturated heterocycles. The van der Waals surface area contributed by atoms with Crippen molar-refractivity contribution in [2.75, 3.05) is 12.1 Å². The molecular formula is C25H33N3O3. The SMILES string of the molecule is CC(C)(C)c1ccc(O)c(NC(=NCc2ccc3c(c2)OCO3)NC2CCCCC2)c1. The van der Waals surface area contributed by atoms with E-state index < -0.39 is 0 Å². The maximum Gasteiger partial charge on any atom is 0.231 e. The number of nitrogens with zero attached hydrogens (tertiary/aromatic N) is 1. The molecule has 6 nitrogen and oxygen atoms in total. The van der Waals surface area contributed by atoms with Gasteiger partial charge in [0.25, 0.3) is 0 Å². The molecule has 2 aromatic carbocycles. The summed E-state index contributed by atoms with van der Waals surface area (Å²) >= 11 is 0. The maximum atomic E-state index is 10.5. The lowest BCUT2D eigenvalue weighted by Gasteiger charge is -2.26. The summed E-state index contributed by atoms with van der Waals surface area (Å²) in [6.07, 6.45) is 6.04. The Hall–Kier alpha value is -2.89. The van der Waals surface area contributed by atoms with E-state index >= 15 is 0 Å². The van der Waals surface area contributed by atoms with Gasteiger partial charge in [-0.25, -0.2) is 4.99 Å². The lowest BCUT2D eigenvalue weighted by Crippen LogP contribution is -2.40. The van der Waals surface area contributed by atoms with Gasteiger partial charge in [-0.2, -0.15) is 0 Å². The average Bonchev–Trinajstić information content (AvgIpc) is 3.21. The van der Waals surface area contributed by atoms with Crippen LogP contribution in [0.25, 0.3) is 0 Å². The van der Waals surface area contributed by atoms with Crippen LogP contribution in [0.15, 0.2) is 41.4 Å². The summed E-state index contributed by atoms with van der Waals surface area (Å²) in [6.45, 7) is 7.26. The molecule has 0 aromatic heterocycles. The van der Waals surface area contributed by atoms with Crippen LogP contribution in [-0.2, 0) is 12.0 Å². The Morgan fingerprint density at radius 3 is 2.58 bits per heavy atom. The highest BCUT2D eigenvalue weighted by Gasteiger charge is 2.19. The fraction of sp³-hybridized carbons (Fsp3) is 0.480. The molecule has 166 valence electrons. The summed E-state index contributed by atoms with van der Waals surface area (Å²) < 4.78 is 10.9. The Morgan fingerprint density at radius 2 is 1.81 bits per heavy atom. The van der Waals surface area contributed by atoms with Gasteiger partial charge < -0.3 is 25.2 Å². The van der Waals surface area contributed by atoms with Gasteiger partial charge >= 0.3 is 0 Å². The summed E-state index contributed by atoms with van der Waals surface area (Å²) in [7, 11) is 0. The quantitative estimate of drug-likeness (QED) is 0.353. The van der Waals surface area contributed by atoms with E-state index in [0.29, 0.717) is 24.2 Å². The van der Waals surface area contributed by atoms with Crippen molar-refractivity contribution in [2.45, 2.75) is 70.9 Å². The largest absolute Gasteiger partial charge is 0.506 e. The van der Waals surface area contributed by atoms with Crippen LogP contribution >= 0.6 is 0 Å². The number of hydrogen-bond donors (Lipinski definition) is 3. The number of guanidine groups is 1. The maximum absolute atomic E-state index is 10.5. The number of aliphatic imine (C=N–C) groups is 1. The van der Waals surface area contributed by atoms with Gasteiger partial charge in [-0.1, -0.05) is 52.2 Å². The van der Waals surface area contributed by atoms with Crippen molar-refractivity contribution in [3.63, 3.8) is 0 Å². The van der Waals surface area contributed by atoms with E-state index in [4.69, 9.17) is 14.5 Å². The Labute approximate surface area is 184 Å². The molecule has 1 saturated carbocycles. The number of benzene rings is 2. The molecule has 6 heteroatoms. The van der Waals surface area contributed by atoms with Gasteiger partial charge in [0, 0.05) is 6.04 Å². The Balaban J connectivity index is 1.56. The number of fused-ring (bicyclic) bond motifs is 1. The van der Waals surface area contributed by atoms with Gasteiger partial charge in [0.15, 0.2) is 17.5 Å². The van der Waals surface area contributed by atoms with Gasteiger partial charge in [0.05, 0.1) is 12.2 Å². The summed E-state index contributed by atoms with van der Waals surface area (Å²) in [4.78, 5) is 4.83. The number of ether oxygens (including phenoxy) is 2. The molecule has 31 heavy (non-hydrogen) atoms. The Kier molecular flexibility index (Phi) is 6.25. The normalized spacial score (nSPS) is 16.9. The second-order valence-corrected chi connectivity index (χ2v) is 9.44. The van der Waals surface area contributed by atoms with Gasteiger partial charge in [-0.3, -0.25) is 0 Å². The molecule has 3 N–H and O–H groups in total. The van der Waals surface area contributed by atoms with Crippen molar-refractivity contribution >= 4 is 11.6 Å². The van der Waals surface area contributed by atoms with Crippen LogP contribution in [0.4, 0.5) is 5.69 Å². The van der Waals surface area contributed by atoms with Crippen LogP contribution in [0.2, 0.25) is 0 Å². The van der Waals surface area contributed by atoms with Gasteiger partial charge in [0.2, 0.25) is 6.79 Å². The lowest BCUT2D eigenvalue weighted by atomic mass is 9.87. The number of phenolic OH excluding ortho intramolecular Hbond substituents is 1. The monoisotopic (exact) mass is 423 g/mol. The van der Waals surface area contributed by atoms with Crippen LogP contribution in [0.3, 0.4) is 0 Å². The molecule has 0 atom stereocenters. The number of anilines is 1. The van der Waals surface area contributed by atoms with E-state index in [1.165, 1.54) is 19.3 Å². The molecule has 1 heterocycles. The molecule has 2 aliphatic rings. The van der Waals surface area contributed by atoms with Crippen LogP contribution in [0, 0.1) is 0 Å². The molecule has 2 aromatic rings. The second-order valence-electron chi connectivity index (χ2n) is 9.44. The first-order chi connectivity index (χ1) is 14.9. The van der Waals surface area contributed by atoms with Crippen molar-refractivity contribution in [1.82, 2.24) is 5.32 Å². The average molecular weight is 424 g/mol. The van der Waals surface area contributed by atoms with E-state index in [2.05, 4.69) is 31.4 Å². The molecule has 0 spiro atoms. The van der Waals surface area contributed by atoms with Crippen molar-refractivity contribution in [2.24, 2.45) is 4.99 Å². The van der Waals surface area contributed by atoms with Crippen LogP contribution in [-0.4, -0.2) is 23.9 Å². The third kappa shape index (κ3) is 5.43. The van der Waals surface area contributed by atoms with Crippen molar-refractivity contribution in [1.29, 1.82) is 0 Å². The van der Waals surface area contributed by atoms with Crippen LogP contribution < -0.4 is 20.1 Å². The smallest absolute Gasteiger partial charge is 0.231 e. The van der Waals surface area contributed by atoms with Gasteiger partial charge in [0.1, 0.15) is 5.75 Å². The number of phenols is 1. The fourth-order valence-corrected chi connectivity index (χ4v) is 4.00. The molecule has 1 aliphatic carbocycles. The number of rotatable bonds is 4. The Morgan fingerprint density at radius 1 is 1.03 bits per heavy atom. The molecular weight excluding hydrogens is 390 g/mol. The standard InChI is InChI=1S/C25H33N3O3/c1-25(2,3)18-10-11-21(29)20(14-18)28-24(27-19-7-5-4-6-8-19)26-15-17-9-12-22-23(13-17)31-16-30-22/h9-14,19,29H,4-8,15-16H2,1-3H3,(H2,26,27,28). The zero-order valence-electron chi connectivity index (χ0n) is 18.7. The predicted octanol–water partition coefficient (Wildman–Crippen LogP) is 5.31. The summed E-state index contributed by atoms with van der Waals surface area (Å²) in [5.41, 5.74) is 2.85. The highest BCUT2D eigenvalue weighted by Crippen LogP contribution is 2.33. The van der Waals surface area contributed by atoms with Crippen molar-refractivity contribution in [3.05, 3.63) is 47.5 Å². The minimum atomic E-state index is -0.00920. The second kappa shape index (κ2) is 9.08. The molecule has 0 radical (unpaired) electrons. The first-order valence-electron chi connectivity index (χ1n) is 11.2. The van der Waals surface area contributed by atoms with E-state index in [9.17, 15) is 5.11 Å². The van der Waals surface area contributed by atoms with E-state index in [1.54, 1.807) is 6.07 Å². The summed E-state index contributed by atoms with van der Waals surface area (Å²) in [5, 5.41) is 17.4. The van der Waals surface area contributed by atoms with Gasteiger partial charge in [-0.15, -0.1) is 0 Å². The summed E-state index contributed by atoms with van der Waals surface area (Å²) in [5.74, 6) is 2.44. The molecule has 4 rings (SSSR count). The third-order valence-corrected chi connectivity index (χ3v) is 5.92. The van der Waals surface area contributed by atoms with Gasteiger partial charge in [-0.05, 0) is 53.6 Å².